The van der Waals surface area contributed by atoms with Gasteiger partial charge in [-0.3, -0.25) is 0 Å². The zero-order valence-corrected chi connectivity index (χ0v) is 20.7. The van der Waals surface area contributed by atoms with Gasteiger partial charge in [-0.15, -0.1) is 22.7 Å². The zero-order chi connectivity index (χ0) is 22.3. The molecule has 7 heteroatoms. The summed E-state index contributed by atoms with van der Waals surface area (Å²) in [4.78, 5) is 15.7. The standard InChI is InChI=1S/C25H27ClN4S2/c1-3-30(4-2)15-6-14-27-25-20-11-8-18(26)17-21(20)28-24(29-25)13-10-19-9-12-23(32-19)22-7-5-16-31-22/h5,7-13,16-17H,3-4,6,14-15H2,1-2H3,(H,27,28,29). The first-order chi connectivity index (χ1) is 15.7. The van der Waals surface area contributed by atoms with Gasteiger partial charge in [-0.25, -0.2) is 9.97 Å². The number of aromatic nitrogens is 2. The molecule has 3 heterocycles. The van der Waals surface area contributed by atoms with Crippen LogP contribution in [-0.2, 0) is 0 Å². The maximum atomic E-state index is 6.24. The number of nitrogens with one attached hydrogen (secondary N) is 1. The van der Waals surface area contributed by atoms with E-state index in [4.69, 9.17) is 21.6 Å². The summed E-state index contributed by atoms with van der Waals surface area (Å²) in [5.74, 6) is 1.54. The molecule has 0 amide bonds. The maximum Gasteiger partial charge on any atom is 0.155 e. The highest BCUT2D eigenvalue weighted by atomic mass is 35.5. The number of benzene rings is 1. The van der Waals surface area contributed by atoms with E-state index in [1.807, 2.05) is 24.3 Å². The van der Waals surface area contributed by atoms with Gasteiger partial charge in [0.15, 0.2) is 5.82 Å². The Balaban J connectivity index is 1.53. The SMILES string of the molecule is CCN(CC)CCCNc1nc(C=Cc2ccc(-c3cccs3)s2)nc2cc(Cl)ccc12. The Labute approximate surface area is 202 Å². The molecule has 0 radical (unpaired) electrons. The molecule has 0 fully saturated rings. The topological polar surface area (TPSA) is 41.0 Å². The third-order valence-electron chi connectivity index (χ3n) is 5.30. The number of rotatable bonds is 10. The highest BCUT2D eigenvalue weighted by molar-refractivity contribution is 7.21. The quantitative estimate of drug-likeness (QED) is 0.239. The summed E-state index contributed by atoms with van der Waals surface area (Å²) >= 11 is 9.77. The van der Waals surface area contributed by atoms with E-state index in [2.05, 4.69) is 59.8 Å². The van der Waals surface area contributed by atoms with Crippen LogP contribution in [0.4, 0.5) is 5.82 Å². The van der Waals surface area contributed by atoms with Crippen LogP contribution in [0.2, 0.25) is 5.02 Å². The number of anilines is 1. The minimum absolute atomic E-state index is 0.678. The summed E-state index contributed by atoms with van der Waals surface area (Å²) in [6.07, 6.45) is 5.12. The summed E-state index contributed by atoms with van der Waals surface area (Å²) in [7, 11) is 0. The molecule has 4 aromatic rings. The van der Waals surface area contributed by atoms with Gasteiger partial charge in [0.25, 0.3) is 0 Å². The highest BCUT2D eigenvalue weighted by Gasteiger charge is 2.08. The zero-order valence-electron chi connectivity index (χ0n) is 18.3. The fourth-order valence-electron chi connectivity index (χ4n) is 3.53. The van der Waals surface area contributed by atoms with Crippen molar-refractivity contribution in [1.82, 2.24) is 14.9 Å². The fourth-order valence-corrected chi connectivity index (χ4v) is 5.44. The van der Waals surface area contributed by atoms with Crippen LogP contribution in [0.3, 0.4) is 0 Å². The predicted molar refractivity (Wildman–Crippen MR) is 142 cm³/mol. The van der Waals surface area contributed by atoms with Crippen LogP contribution in [-0.4, -0.2) is 41.0 Å². The van der Waals surface area contributed by atoms with Crippen LogP contribution in [0.15, 0.2) is 47.8 Å². The second-order valence-electron chi connectivity index (χ2n) is 7.41. The van der Waals surface area contributed by atoms with Crippen molar-refractivity contribution in [1.29, 1.82) is 0 Å². The second-order valence-corrected chi connectivity index (χ2v) is 9.91. The first kappa shape index (κ1) is 22.9. The van der Waals surface area contributed by atoms with Crippen LogP contribution >= 0.6 is 34.3 Å². The molecule has 0 bridgehead atoms. The summed E-state index contributed by atoms with van der Waals surface area (Å²) < 4.78 is 0. The molecule has 0 atom stereocenters. The van der Waals surface area contributed by atoms with Gasteiger partial charge in [-0.1, -0.05) is 31.5 Å². The van der Waals surface area contributed by atoms with Crippen molar-refractivity contribution in [2.24, 2.45) is 0 Å². The molecule has 1 N–H and O–H groups in total. The Hall–Kier alpha value is -2.25. The Bertz CT molecular complexity index is 1180. The van der Waals surface area contributed by atoms with Crippen LogP contribution in [0.25, 0.3) is 32.8 Å². The highest BCUT2D eigenvalue weighted by Crippen LogP contribution is 2.32. The van der Waals surface area contributed by atoms with Crippen molar-refractivity contribution in [2.75, 3.05) is 31.5 Å². The molecular weight excluding hydrogens is 456 g/mol. The molecule has 0 aliphatic carbocycles. The van der Waals surface area contributed by atoms with Crippen molar-refractivity contribution in [3.63, 3.8) is 0 Å². The van der Waals surface area contributed by atoms with Gasteiger partial charge in [0, 0.05) is 31.6 Å². The minimum atomic E-state index is 0.678. The monoisotopic (exact) mass is 482 g/mol. The number of fused-ring (bicyclic) bond motifs is 1. The maximum absolute atomic E-state index is 6.24. The Morgan fingerprint density at radius 1 is 1.03 bits per heavy atom. The molecule has 32 heavy (non-hydrogen) atoms. The Kier molecular flexibility index (Phi) is 7.92. The van der Waals surface area contributed by atoms with Crippen LogP contribution in [0, 0.1) is 0 Å². The minimum Gasteiger partial charge on any atom is -0.369 e. The van der Waals surface area contributed by atoms with E-state index in [0.717, 1.165) is 49.3 Å². The molecule has 0 saturated carbocycles. The van der Waals surface area contributed by atoms with Gasteiger partial charge < -0.3 is 10.2 Å². The summed E-state index contributed by atoms with van der Waals surface area (Å²) in [5.41, 5.74) is 0.851. The predicted octanol–water partition coefficient (Wildman–Crippen LogP) is 7.39. The number of thiophene rings is 2. The summed E-state index contributed by atoms with van der Waals surface area (Å²) in [5, 5.41) is 7.30. The fraction of sp³-hybridized carbons (Fsp3) is 0.280. The number of hydrogen-bond donors (Lipinski definition) is 1. The van der Waals surface area contributed by atoms with Crippen LogP contribution in [0.5, 0.6) is 0 Å². The summed E-state index contributed by atoms with van der Waals surface area (Å²) in [6.45, 7) is 8.51. The molecule has 0 aliphatic rings. The van der Waals surface area contributed by atoms with Crippen molar-refractivity contribution in [2.45, 2.75) is 20.3 Å². The van der Waals surface area contributed by atoms with E-state index in [9.17, 15) is 0 Å². The molecule has 4 nitrogen and oxygen atoms in total. The van der Waals surface area contributed by atoms with E-state index in [1.165, 1.54) is 14.6 Å². The van der Waals surface area contributed by atoms with Crippen molar-refractivity contribution in [3.05, 3.63) is 63.6 Å². The van der Waals surface area contributed by atoms with Gasteiger partial charge in [-0.05, 0) is 80.0 Å². The number of hydrogen-bond acceptors (Lipinski definition) is 6. The largest absolute Gasteiger partial charge is 0.369 e. The van der Waals surface area contributed by atoms with Crippen molar-refractivity contribution < 1.29 is 0 Å². The first-order valence-electron chi connectivity index (χ1n) is 10.9. The van der Waals surface area contributed by atoms with Crippen molar-refractivity contribution >= 4 is 63.1 Å². The van der Waals surface area contributed by atoms with Crippen LogP contribution < -0.4 is 5.32 Å². The van der Waals surface area contributed by atoms with Gasteiger partial charge >= 0.3 is 0 Å². The molecule has 0 aliphatic heterocycles. The average Bonchev–Trinajstić information content (AvgIpc) is 3.49. The van der Waals surface area contributed by atoms with Crippen molar-refractivity contribution in [3.8, 4) is 9.75 Å². The lowest BCUT2D eigenvalue weighted by atomic mass is 10.2. The molecule has 4 rings (SSSR count). The molecule has 1 aromatic carbocycles. The van der Waals surface area contributed by atoms with E-state index in [1.54, 1.807) is 22.7 Å². The lowest BCUT2D eigenvalue weighted by Crippen LogP contribution is -2.25. The average molecular weight is 483 g/mol. The van der Waals surface area contributed by atoms with E-state index < -0.39 is 0 Å². The molecular formula is C25H27ClN4S2. The van der Waals surface area contributed by atoms with E-state index >= 15 is 0 Å². The molecule has 166 valence electrons. The summed E-state index contributed by atoms with van der Waals surface area (Å²) in [6, 6.07) is 14.3. The third-order valence-corrected chi connectivity index (χ3v) is 7.65. The lowest BCUT2D eigenvalue weighted by Gasteiger charge is -2.18. The third kappa shape index (κ3) is 5.75. The van der Waals surface area contributed by atoms with Gasteiger partial charge in [-0.2, -0.15) is 0 Å². The van der Waals surface area contributed by atoms with Crippen LogP contribution in [0.1, 0.15) is 31.0 Å². The number of nitrogens with zero attached hydrogens (tertiary/aromatic N) is 3. The normalized spacial score (nSPS) is 11.8. The lowest BCUT2D eigenvalue weighted by molar-refractivity contribution is 0.303. The Morgan fingerprint density at radius 2 is 1.91 bits per heavy atom. The molecule has 0 spiro atoms. The molecule has 0 unspecified atom stereocenters. The van der Waals surface area contributed by atoms with Gasteiger partial charge in [0.2, 0.25) is 0 Å². The second kappa shape index (κ2) is 11.1. The smallest absolute Gasteiger partial charge is 0.155 e. The molecule has 0 saturated heterocycles. The van der Waals surface area contributed by atoms with E-state index in [-0.39, 0.29) is 0 Å². The molecule has 3 aromatic heterocycles. The first-order valence-corrected chi connectivity index (χ1v) is 13.0. The van der Waals surface area contributed by atoms with Gasteiger partial charge in [0.1, 0.15) is 5.82 Å². The van der Waals surface area contributed by atoms with E-state index in [0.29, 0.717) is 10.8 Å². The Morgan fingerprint density at radius 3 is 2.69 bits per heavy atom. The number of halogens is 1. The van der Waals surface area contributed by atoms with Gasteiger partial charge in [0.05, 0.1) is 5.52 Å².